The summed E-state index contributed by atoms with van der Waals surface area (Å²) < 4.78 is 6.42. The fourth-order valence-electron chi connectivity index (χ4n) is 3.98. The lowest BCUT2D eigenvalue weighted by Crippen LogP contribution is -2.33. The molecule has 2 N–H and O–H groups in total. The smallest absolute Gasteiger partial charge is 0.133 e. The molecular formula is C18H23BrN4O. The number of halogens is 1. The van der Waals surface area contributed by atoms with E-state index in [0.29, 0.717) is 18.0 Å². The van der Waals surface area contributed by atoms with Gasteiger partial charge in [0.05, 0.1) is 12.1 Å². The first-order valence-electron chi connectivity index (χ1n) is 8.62. The molecule has 3 heterocycles. The Morgan fingerprint density at radius 1 is 1.38 bits per heavy atom. The van der Waals surface area contributed by atoms with Crippen LogP contribution in [0.25, 0.3) is 0 Å². The minimum atomic E-state index is 0.336. The van der Waals surface area contributed by atoms with Gasteiger partial charge in [-0.05, 0) is 44.0 Å². The van der Waals surface area contributed by atoms with Gasteiger partial charge in [-0.2, -0.15) is 0 Å². The quantitative estimate of drug-likeness (QED) is 0.837. The van der Waals surface area contributed by atoms with Crippen molar-refractivity contribution in [3.8, 4) is 0 Å². The summed E-state index contributed by atoms with van der Waals surface area (Å²) in [6.45, 7) is 5.15. The Morgan fingerprint density at radius 3 is 3.08 bits per heavy atom. The maximum atomic E-state index is 5.29. The first kappa shape index (κ1) is 16.3. The highest BCUT2D eigenvalue weighted by Crippen LogP contribution is 2.35. The van der Waals surface area contributed by atoms with Gasteiger partial charge in [-0.3, -0.25) is 10.3 Å². The minimum absolute atomic E-state index is 0.336. The van der Waals surface area contributed by atoms with Crippen LogP contribution in [-0.2, 0) is 0 Å². The van der Waals surface area contributed by atoms with Crippen LogP contribution in [0.2, 0.25) is 0 Å². The van der Waals surface area contributed by atoms with E-state index in [4.69, 9.17) is 4.52 Å². The van der Waals surface area contributed by atoms with Crippen LogP contribution in [0.3, 0.4) is 0 Å². The molecule has 3 unspecified atom stereocenters. The summed E-state index contributed by atoms with van der Waals surface area (Å²) in [5.41, 5.74) is 9.21. The summed E-state index contributed by atoms with van der Waals surface area (Å²) in [6, 6.07) is 11.4. The number of rotatable bonds is 4. The van der Waals surface area contributed by atoms with Gasteiger partial charge in [-0.25, -0.2) is 5.43 Å². The number of hydrogen-bond donors (Lipinski definition) is 2. The Labute approximate surface area is 150 Å². The van der Waals surface area contributed by atoms with E-state index in [0.717, 1.165) is 35.6 Å². The van der Waals surface area contributed by atoms with E-state index in [2.05, 4.69) is 67.2 Å². The van der Waals surface area contributed by atoms with E-state index in [-0.39, 0.29) is 0 Å². The monoisotopic (exact) mass is 390 g/mol. The van der Waals surface area contributed by atoms with Crippen molar-refractivity contribution in [1.82, 2.24) is 20.9 Å². The van der Waals surface area contributed by atoms with E-state index < -0.39 is 0 Å². The number of nitrogens with one attached hydrogen (secondary N) is 2. The average Bonchev–Trinajstić information content (AvgIpc) is 3.28. The molecule has 5 nitrogen and oxygen atoms in total. The molecule has 2 saturated heterocycles. The number of nitrogens with zero attached hydrogens (tertiary/aromatic N) is 2. The van der Waals surface area contributed by atoms with Crippen LogP contribution < -0.4 is 10.9 Å². The number of benzene rings is 1. The summed E-state index contributed by atoms with van der Waals surface area (Å²) in [7, 11) is 0. The number of hydrogen-bond acceptors (Lipinski definition) is 5. The number of hydrazine groups is 1. The molecular weight excluding hydrogens is 368 g/mol. The van der Waals surface area contributed by atoms with Crippen molar-refractivity contribution in [3.05, 3.63) is 51.8 Å². The zero-order valence-corrected chi connectivity index (χ0v) is 15.4. The van der Waals surface area contributed by atoms with Crippen molar-refractivity contribution >= 4 is 15.9 Å². The number of likely N-dealkylation sites (tertiary alicyclic amines) is 1. The molecule has 2 aliphatic heterocycles. The zero-order chi connectivity index (χ0) is 16.5. The summed E-state index contributed by atoms with van der Waals surface area (Å²) in [4.78, 5) is 2.57. The molecule has 128 valence electrons. The molecule has 0 radical (unpaired) electrons. The van der Waals surface area contributed by atoms with Gasteiger partial charge < -0.3 is 4.52 Å². The molecule has 0 aliphatic carbocycles. The standard InChI is InChI=1S/C18H23BrN4O/c1-12-8-16(22-24-12)17-6-3-7-23(17)11-14-10-20-21-18(14)13-4-2-5-15(19)9-13/h2,4-5,8-9,14,17-18,20-21H,3,6-7,10-11H2,1H3. The van der Waals surface area contributed by atoms with E-state index in [1.165, 1.54) is 18.4 Å². The van der Waals surface area contributed by atoms with Gasteiger partial charge in [0.2, 0.25) is 0 Å². The Kier molecular flexibility index (Phi) is 4.72. The molecule has 1 aromatic heterocycles. The van der Waals surface area contributed by atoms with Crippen molar-refractivity contribution in [3.63, 3.8) is 0 Å². The van der Waals surface area contributed by atoms with Gasteiger partial charge >= 0.3 is 0 Å². The predicted molar refractivity (Wildman–Crippen MR) is 96.3 cm³/mol. The summed E-state index contributed by atoms with van der Waals surface area (Å²) in [6.07, 6.45) is 2.40. The van der Waals surface area contributed by atoms with Crippen LogP contribution in [0.15, 0.2) is 39.3 Å². The number of aryl methyl sites for hydroxylation is 1. The van der Waals surface area contributed by atoms with Gasteiger partial charge in [-0.15, -0.1) is 0 Å². The molecule has 2 aromatic rings. The van der Waals surface area contributed by atoms with Gasteiger partial charge in [0.15, 0.2) is 0 Å². The molecule has 2 aliphatic rings. The molecule has 0 saturated carbocycles. The van der Waals surface area contributed by atoms with E-state index in [1.54, 1.807) is 0 Å². The second-order valence-corrected chi connectivity index (χ2v) is 7.75. The SMILES string of the molecule is Cc1cc(C2CCCN2CC2CNNC2c2cccc(Br)c2)no1. The van der Waals surface area contributed by atoms with E-state index >= 15 is 0 Å². The first-order valence-corrected chi connectivity index (χ1v) is 9.41. The maximum Gasteiger partial charge on any atom is 0.133 e. The Morgan fingerprint density at radius 2 is 2.29 bits per heavy atom. The second kappa shape index (κ2) is 6.96. The molecule has 0 spiro atoms. The minimum Gasteiger partial charge on any atom is -0.361 e. The van der Waals surface area contributed by atoms with E-state index in [1.807, 2.05) is 6.92 Å². The number of aromatic nitrogens is 1. The van der Waals surface area contributed by atoms with Crippen molar-refractivity contribution in [2.75, 3.05) is 19.6 Å². The predicted octanol–water partition coefficient (Wildman–Crippen LogP) is 3.35. The highest BCUT2D eigenvalue weighted by molar-refractivity contribution is 9.10. The average molecular weight is 391 g/mol. The summed E-state index contributed by atoms with van der Waals surface area (Å²) in [5, 5.41) is 4.26. The third-order valence-electron chi connectivity index (χ3n) is 5.12. The van der Waals surface area contributed by atoms with Crippen LogP contribution in [0.1, 0.15) is 41.9 Å². The van der Waals surface area contributed by atoms with E-state index in [9.17, 15) is 0 Å². The lowest BCUT2D eigenvalue weighted by atomic mass is 9.94. The van der Waals surface area contributed by atoms with Crippen molar-refractivity contribution in [2.45, 2.75) is 31.8 Å². The van der Waals surface area contributed by atoms with Crippen molar-refractivity contribution < 1.29 is 4.52 Å². The largest absolute Gasteiger partial charge is 0.361 e. The molecule has 3 atom stereocenters. The molecule has 24 heavy (non-hydrogen) atoms. The molecule has 0 bridgehead atoms. The van der Waals surface area contributed by atoms with Crippen molar-refractivity contribution in [2.24, 2.45) is 5.92 Å². The third kappa shape index (κ3) is 3.28. The third-order valence-corrected chi connectivity index (χ3v) is 5.61. The van der Waals surface area contributed by atoms with Gasteiger partial charge in [0.1, 0.15) is 11.5 Å². The molecule has 2 fully saturated rings. The first-order chi connectivity index (χ1) is 11.7. The normalized spacial score (nSPS) is 27.8. The molecule has 4 rings (SSSR count). The topological polar surface area (TPSA) is 53.3 Å². The lowest BCUT2D eigenvalue weighted by Gasteiger charge is -2.28. The summed E-state index contributed by atoms with van der Waals surface area (Å²) in [5.74, 6) is 1.43. The van der Waals surface area contributed by atoms with Gasteiger partial charge in [-0.1, -0.05) is 33.2 Å². The van der Waals surface area contributed by atoms with Gasteiger partial charge in [0, 0.05) is 29.5 Å². The zero-order valence-electron chi connectivity index (χ0n) is 13.8. The lowest BCUT2D eigenvalue weighted by molar-refractivity contribution is 0.204. The van der Waals surface area contributed by atoms with Crippen LogP contribution in [0.5, 0.6) is 0 Å². The second-order valence-electron chi connectivity index (χ2n) is 6.83. The van der Waals surface area contributed by atoms with Crippen LogP contribution in [-0.4, -0.2) is 29.7 Å². The Bertz CT molecular complexity index is 704. The van der Waals surface area contributed by atoms with Crippen LogP contribution in [0.4, 0.5) is 0 Å². The summed E-state index contributed by atoms with van der Waals surface area (Å²) >= 11 is 3.58. The van der Waals surface area contributed by atoms with Crippen LogP contribution in [0, 0.1) is 12.8 Å². The highest BCUT2D eigenvalue weighted by Gasteiger charge is 2.35. The molecule has 1 aromatic carbocycles. The van der Waals surface area contributed by atoms with Gasteiger partial charge in [0.25, 0.3) is 0 Å². The molecule has 0 amide bonds. The molecule has 6 heteroatoms. The Balaban J connectivity index is 1.49. The fourth-order valence-corrected chi connectivity index (χ4v) is 4.40. The fraction of sp³-hybridized carbons (Fsp3) is 0.500. The Hall–Kier alpha value is -1.21. The van der Waals surface area contributed by atoms with Crippen LogP contribution >= 0.6 is 15.9 Å². The highest BCUT2D eigenvalue weighted by atomic mass is 79.9. The maximum absolute atomic E-state index is 5.29. The van der Waals surface area contributed by atoms with Crippen molar-refractivity contribution in [1.29, 1.82) is 0 Å².